The third-order valence-corrected chi connectivity index (χ3v) is 3.31. The van der Waals surface area contributed by atoms with Crippen LogP contribution in [0.3, 0.4) is 0 Å². The molecule has 0 saturated carbocycles. The molecule has 0 bridgehead atoms. The highest BCUT2D eigenvalue weighted by Gasteiger charge is 2.19. The molecule has 21 heavy (non-hydrogen) atoms. The topological polar surface area (TPSA) is 98.1 Å². The van der Waals surface area contributed by atoms with E-state index in [4.69, 9.17) is 23.7 Å². The minimum atomic E-state index is -0.593. The lowest BCUT2D eigenvalue weighted by Crippen LogP contribution is -2.31. The summed E-state index contributed by atoms with van der Waals surface area (Å²) in [5.74, 6) is -0.111. The van der Waals surface area contributed by atoms with E-state index in [1.165, 1.54) is 6.20 Å². The standard InChI is InChI=1S/C14H23N5OS/c1-3-5-7-19(8-6-4-2)14-11(12(15)20)17-9-10(18-14)13(16)21/h9H,3-8H2,1-2H3,(H2,15,20)(H2,16,21). The van der Waals surface area contributed by atoms with Gasteiger partial charge in [0.2, 0.25) is 0 Å². The number of carbonyl (C=O) groups is 1. The van der Waals surface area contributed by atoms with E-state index in [-0.39, 0.29) is 10.7 Å². The Labute approximate surface area is 130 Å². The highest BCUT2D eigenvalue weighted by Crippen LogP contribution is 2.18. The van der Waals surface area contributed by atoms with Gasteiger partial charge in [0, 0.05) is 13.1 Å². The lowest BCUT2D eigenvalue weighted by Gasteiger charge is -2.25. The van der Waals surface area contributed by atoms with Crippen molar-refractivity contribution in [3.63, 3.8) is 0 Å². The summed E-state index contributed by atoms with van der Waals surface area (Å²) in [5.41, 5.74) is 11.6. The average Bonchev–Trinajstić information content (AvgIpc) is 2.46. The Balaban J connectivity index is 3.19. The van der Waals surface area contributed by atoms with Crippen molar-refractivity contribution in [3.05, 3.63) is 17.6 Å². The molecular formula is C14H23N5OS. The van der Waals surface area contributed by atoms with E-state index in [1.54, 1.807) is 0 Å². The first-order valence-electron chi connectivity index (χ1n) is 7.22. The van der Waals surface area contributed by atoms with Gasteiger partial charge in [-0.25, -0.2) is 9.97 Å². The van der Waals surface area contributed by atoms with Crippen LogP contribution in [0.1, 0.15) is 55.7 Å². The van der Waals surface area contributed by atoms with Crippen molar-refractivity contribution in [3.8, 4) is 0 Å². The quantitative estimate of drug-likeness (QED) is 0.673. The van der Waals surface area contributed by atoms with Gasteiger partial charge in [0.1, 0.15) is 10.7 Å². The van der Waals surface area contributed by atoms with Crippen molar-refractivity contribution in [1.82, 2.24) is 9.97 Å². The number of thiocarbonyl (C=S) groups is 1. The molecule has 7 heteroatoms. The molecule has 0 aliphatic rings. The van der Waals surface area contributed by atoms with Gasteiger partial charge in [-0.05, 0) is 12.8 Å². The normalized spacial score (nSPS) is 10.4. The number of hydrogen-bond donors (Lipinski definition) is 2. The summed E-state index contributed by atoms with van der Waals surface area (Å²) in [7, 11) is 0. The maximum absolute atomic E-state index is 11.6. The lowest BCUT2D eigenvalue weighted by atomic mass is 10.2. The van der Waals surface area contributed by atoms with Crippen LogP contribution in [0.25, 0.3) is 0 Å². The Bertz CT molecular complexity index is 498. The summed E-state index contributed by atoms with van der Waals surface area (Å²) in [4.78, 5) is 22.3. The molecule has 0 saturated heterocycles. The molecule has 0 spiro atoms. The molecule has 4 N–H and O–H groups in total. The van der Waals surface area contributed by atoms with Crippen molar-refractivity contribution in [2.24, 2.45) is 11.5 Å². The summed E-state index contributed by atoms with van der Waals surface area (Å²) in [6, 6.07) is 0. The number of hydrogen-bond acceptors (Lipinski definition) is 5. The maximum Gasteiger partial charge on any atom is 0.271 e. The van der Waals surface area contributed by atoms with E-state index in [9.17, 15) is 4.79 Å². The molecule has 0 unspecified atom stereocenters. The van der Waals surface area contributed by atoms with Gasteiger partial charge < -0.3 is 16.4 Å². The van der Waals surface area contributed by atoms with Crippen LogP contribution in [0, 0.1) is 0 Å². The van der Waals surface area contributed by atoms with Crippen LogP contribution in [-0.4, -0.2) is 34.0 Å². The van der Waals surface area contributed by atoms with Gasteiger partial charge in [-0.2, -0.15) is 0 Å². The number of nitrogens with two attached hydrogens (primary N) is 2. The molecule has 1 aromatic heterocycles. The van der Waals surface area contributed by atoms with Gasteiger partial charge in [0.15, 0.2) is 11.5 Å². The SMILES string of the molecule is CCCCN(CCCC)c1nc(C(N)=S)cnc1C(N)=O. The average molecular weight is 309 g/mol. The molecule has 0 aliphatic heterocycles. The summed E-state index contributed by atoms with van der Waals surface area (Å²) in [6.45, 7) is 5.83. The van der Waals surface area contributed by atoms with Gasteiger partial charge in [0.25, 0.3) is 5.91 Å². The molecule has 1 heterocycles. The van der Waals surface area contributed by atoms with Crippen LogP contribution in [0.15, 0.2) is 6.20 Å². The third kappa shape index (κ3) is 4.93. The van der Waals surface area contributed by atoms with Crippen LogP contribution < -0.4 is 16.4 Å². The number of amides is 1. The molecule has 116 valence electrons. The number of carbonyl (C=O) groups excluding carboxylic acids is 1. The zero-order valence-corrected chi connectivity index (χ0v) is 13.4. The lowest BCUT2D eigenvalue weighted by molar-refractivity contribution is 0.0995. The van der Waals surface area contributed by atoms with Crippen molar-refractivity contribution in [2.45, 2.75) is 39.5 Å². The highest BCUT2D eigenvalue weighted by molar-refractivity contribution is 7.80. The Kier molecular flexibility index (Phi) is 7.01. The van der Waals surface area contributed by atoms with Crippen molar-refractivity contribution in [1.29, 1.82) is 0 Å². The third-order valence-electron chi connectivity index (χ3n) is 3.10. The maximum atomic E-state index is 11.6. The largest absolute Gasteiger partial charge is 0.388 e. The van der Waals surface area contributed by atoms with Gasteiger partial charge in [-0.3, -0.25) is 4.79 Å². The summed E-state index contributed by atoms with van der Waals surface area (Å²) in [5, 5.41) is 0. The number of aromatic nitrogens is 2. The Morgan fingerprint density at radius 3 is 2.24 bits per heavy atom. The number of unbranched alkanes of at least 4 members (excludes halogenated alkanes) is 2. The molecule has 0 aliphatic carbocycles. The van der Waals surface area contributed by atoms with Crippen molar-refractivity contribution in [2.75, 3.05) is 18.0 Å². The van der Waals surface area contributed by atoms with Crippen molar-refractivity contribution >= 4 is 28.9 Å². The molecule has 1 rings (SSSR count). The van der Waals surface area contributed by atoms with Crippen LogP contribution in [-0.2, 0) is 0 Å². The van der Waals surface area contributed by atoms with E-state index < -0.39 is 5.91 Å². The van der Waals surface area contributed by atoms with Crippen LogP contribution in [0.4, 0.5) is 5.82 Å². The molecule has 0 atom stereocenters. The van der Waals surface area contributed by atoms with Crippen LogP contribution >= 0.6 is 12.2 Å². The fraction of sp³-hybridized carbons (Fsp3) is 0.571. The first-order valence-corrected chi connectivity index (χ1v) is 7.63. The predicted molar refractivity (Wildman–Crippen MR) is 88.5 cm³/mol. The van der Waals surface area contributed by atoms with Crippen LogP contribution in [0.2, 0.25) is 0 Å². The van der Waals surface area contributed by atoms with Gasteiger partial charge in [0.05, 0.1) is 6.20 Å². The minimum absolute atomic E-state index is 0.158. The van der Waals surface area contributed by atoms with Gasteiger partial charge >= 0.3 is 0 Å². The Morgan fingerprint density at radius 1 is 1.24 bits per heavy atom. The van der Waals surface area contributed by atoms with E-state index >= 15 is 0 Å². The van der Waals surface area contributed by atoms with E-state index in [1.807, 2.05) is 4.90 Å². The van der Waals surface area contributed by atoms with Gasteiger partial charge in [-0.15, -0.1) is 0 Å². The Hall–Kier alpha value is -1.76. The van der Waals surface area contributed by atoms with E-state index in [0.717, 1.165) is 38.8 Å². The van der Waals surface area contributed by atoms with E-state index in [2.05, 4.69) is 23.8 Å². The van der Waals surface area contributed by atoms with Gasteiger partial charge in [-0.1, -0.05) is 38.9 Å². The first-order chi connectivity index (χ1) is 10.0. The molecule has 0 fully saturated rings. The van der Waals surface area contributed by atoms with Crippen LogP contribution in [0.5, 0.6) is 0 Å². The number of rotatable bonds is 9. The minimum Gasteiger partial charge on any atom is -0.388 e. The van der Waals surface area contributed by atoms with E-state index in [0.29, 0.717) is 11.5 Å². The summed E-state index contributed by atoms with van der Waals surface area (Å²) < 4.78 is 0. The second-order valence-electron chi connectivity index (χ2n) is 4.85. The second-order valence-corrected chi connectivity index (χ2v) is 5.29. The first kappa shape index (κ1) is 17.3. The molecule has 1 amide bonds. The summed E-state index contributed by atoms with van der Waals surface area (Å²) in [6.07, 6.45) is 5.50. The number of anilines is 1. The number of nitrogens with zero attached hydrogens (tertiary/aromatic N) is 3. The molecule has 1 aromatic rings. The second kappa shape index (κ2) is 8.51. The smallest absolute Gasteiger partial charge is 0.271 e. The molecule has 6 nitrogen and oxygen atoms in total. The molecule has 0 radical (unpaired) electrons. The molecule has 0 aromatic carbocycles. The Morgan fingerprint density at radius 2 is 1.81 bits per heavy atom. The monoisotopic (exact) mass is 309 g/mol. The zero-order valence-electron chi connectivity index (χ0n) is 12.6. The zero-order chi connectivity index (χ0) is 15.8. The fourth-order valence-electron chi connectivity index (χ4n) is 1.91. The summed E-state index contributed by atoms with van der Waals surface area (Å²) >= 11 is 4.93. The predicted octanol–water partition coefficient (Wildman–Crippen LogP) is 1.62. The van der Waals surface area contributed by atoms with Crippen molar-refractivity contribution < 1.29 is 4.79 Å². The molecular weight excluding hydrogens is 286 g/mol. The fourth-order valence-corrected chi connectivity index (χ4v) is 2.01. The number of primary amides is 1. The highest BCUT2D eigenvalue weighted by atomic mass is 32.1.